The summed E-state index contributed by atoms with van der Waals surface area (Å²) >= 11 is 0. The molecule has 0 N–H and O–H groups in total. The van der Waals surface area contributed by atoms with Crippen molar-refractivity contribution in [3.63, 3.8) is 0 Å². The molecule has 0 fully saturated rings. The Labute approximate surface area is 88.4 Å². The maximum absolute atomic E-state index is 12.9. The van der Waals surface area contributed by atoms with Crippen molar-refractivity contribution < 1.29 is 13.9 Å². The van der Waals surface area contributed by atoms with Crippen molar-refractivity contribution in [3.8, 4) is 5.75 Å². The Morgan fingerprint density at radius 1 is 1.60 bits per heavy atom. The second kappa shape index (κ2) is 5.29. The predicted molar refractivity (Wildman–Crippen MR) is 56.7 cm³/mol. The highest BCUT2D eigenvalue weighted by atomic mass is 19.1. The minimum Gasteiger partial charge on any atom is -0.493 e. The van der Waals surface area contributed by atoms with Gasteiger partial charge in [0.25, 0.3) is 0 Å². The molecular weight excluding hydrogens is 195 g/mol. The average molecular weight is 208 g/mol. The summed E-state index contributed by atoms with van der Waals surface area (Å²) in [6.45, 7) is 5.82. The zero-order valence-electron chi connectivity index (χ0n) is 8.63. The van der Waals surface area contributed by atoms with E-state index in [1.165, 1.54) is 12.1 Å². The van der Waals surface area contributed by atoms with Crippen LogP contribution in [-0.4, -0.2) is 12.4 Å². The largest absolute Gasteiger partial charge is 0.493 e. The van der Waals surface area contributed by atoms with Crippen LogP contribution < -0.4 is 4.74 Å². The first-order chi connectivity index (χ1) is 7.19. The van der Waals surface area contributed by atoms with Crippen LogP contribution in [0.4, 0.5) is 4.39 Å². The van der Waals surface area contributed by atoms with Gasteiger partial charge in [-0.25, -0.2) is 4.39 Å². The molecule has 0 saturated carbocycles. The summed E-state index contributed by atoms with van der Waals surface area (Å²) < 4.78 is 18.3. The molecule has 2 nitrogen and oxygen atoms in total. The first kappa shape index (κ1) is 11.4. The molecule has 0 heterocycles. The summed E-state index contributed by atoms with van der Waals surface area (Å²) in [6.07, 6.45) is 1.98. The Bertz CT molecular complexity index is 372. The van der Waals surface area contributed by atoms with Crippen LogP contribution in [0.2, 0.25) is 0 Å². The molecule has 0 aliphatic rings. The molecule has 0 aliphatic heterocycles. The van der Waals surface area contributed by atoms with Crippen LogP contribution in [0, 0.1) is 5.82 Å². The number of carbonyl (C=O) groups excluding carboxylic acids is 1. The van der Waals surface area contributed by atoms with Gasteiger partial charge in [-0.3, -0.25) is 4.79 Å². The van der Waals surface area contributed by atoms with Crippen molar-refractivity contribution in [2.45, 2.75) is 13.3 Å². The highest BCUT2D eigenvalue weighted by molar-refractivity contribution is 6.06. The maximum Gasteiger partial charge on any atom is 0.189 e. The molecule has 80 valence electrons. The standard InChI is InChI=1S/C12H13FO2/c1-3-7-15-12-6-5-9(13)8-10(12)11(14)4-2/h4-6,8H,2-3,7H2,1H3. The minimum atomic E-state index is -0.455. The molecule has 0 aromatic heterocycles. The molecule has 3 heteroatoms. The maximum atomic E-state index is 12.9. The van der Waals surface area contributed by atoms with Crippen LogP contribution in [-0.2, 0) is 0 Å². The van der Waals surface area contributed by atoms with Gasteiger partial charge in [0, 0.05) is 0 Å². The summed E-state index contributed by atoms with van der Waals surface area (Å²) in [5.41, 5.74) is 0.221. The number of carbonyl (C=O) groups is 1. The first-order valence-electron chi connectivity index (χ1n) is 4.78. The normalized spacial score (nSPS) is 9.73. The molecule has 15 heavy (non-hydrogen) atoms. The van der Waals surface area contributed by atoms with Crippen LogP contribution >= 0.6 is 0 Å². The van der Waals surface area contributed by atoms with Crippen molar-refractivity contribution in [1.82, 2.24) is 0 Å². The third kappa shape index (κ3) is 2.91. The van der Waals surface area contributed by atoms with E-state index in [1.807, 2.05) is 6.92 Å². The highest BCUT2D eigenvalue weighted by Gasteiger charge is 2.10. The van der Waals surface area contributed by atoms with E-state index in [9.17, 15) is 9.18 Å². The molecule has 0 radical (unpaired) electrons. The Morgan fingerprint density at radius 3 is 2.93 bits per heavy atom. The van der Waals surface area contributed by atoms with E-state index in [4.69, 9.17) is 4.74 Å². The lowest BCUT2D eigenvalue weighted by Crippen LogP contribution is -2.03. The Balaban J connectivity index is 3.02. The van der Waals surface area contributed by atoms with Gasteiger partial charge in [-0.1, -0.05) is 13.5 Å². The van der Waals surface area contributed by atoms with Crippen LogP contribution in [0.5, 0.6) is 5.75 Å². The number of rotatable bonds is 5. The lowest BCUT2D eigenvalue weighted by Gasteiger charge is -2.08. The molecule has 0 bridgehead atoms. The Hall–Kier alpha value is -1.64. The number of hydrogen-bond acceptors (Lipinski definition) is 2. The van der Waals surface area contributed by atoms with E-state index in [2.05, 4.69) is 6.58 Å². The molecule has 0 amide bonds. The number of halogens is 1. The van der Waals surface area contributed by atoms with Crippen molar-refractivity contribution in [1.29, 1.82) is 0 Å². The number of allylic oxidation sites excluding steroid dienone is 1. The second-order valence-corrected chi connectivity index (χ2v) is 3.06. The molecule has 1 aromatic rings. The second-order valence-electron chi connectivity index (χ2n) is 3.06. The molecule has 0 spiro atoms. The molecule has 0 atom stereocenters. The van der Waals surface area contributed by atoms with Gasteiger partial charge in [0.2, 0.25) is 0 Å². The van der Waals surface area contributed by atoms with Crippen LogP contribution in [0.3, 0.4) is 0 Å². The van der Waals surface area contributed by atoms with Crippen molar-refractivity contribution in [2.75, 3.05) is 6.61 Å². The van der Waals surface area contributed by atoms with E-state index in [0.717, 1.165) is 18.6 Å². The van der Waals surface area contributed by atoms with Crippen molar-refractivity contribution >= 4 is 5.78 Å². The van der Waals surface area contributed by atoms with Gasteiger partial charge in [0.05, 0.1) is 12.2 Å². The molecule has 0 aliphatic carbocycles. The van der Waals surface area contributed by atoms with Gasteiger partial charge in [-0.2, -0.15) is 0 Å². The Kier molecular flexibility index (Phi) is 4.03. The fourth-order valence-corrected chi connectivity index (χ4v) is 1.14. The fraction of sp³-hybridized carbons (Fsp3) is 0.250. The smallest absolute Gasteiger partial charge is 0.189 e. The van der Waals surface area contributed by atoms with Crippen molar-refractivity contribution in [2.24, 2.45) is 0 Å². The van der Waals surface area contributed by atoms with Gasteiger partial charge < -0.3 is 4.74 Å². The van der Waals surface area contributed by atoms with Gasteiger partial charge in [-0.05, 0) is 30.7 Å². The summed E-state index contributed by atoms with van der Waals surface area (Å²) in [5, 5.41) is 0. The third-order valence-electron chi connectivity index (χ3n) is 1.85. The van der Waals surface area contributed by atoms with Crippen LogP contribution in [0.1, 0.15) is 23.7 Å². The topological polar surface area (TPSA) is 26.3 Å². The lowest BCUT2D eigenvalue weighted by atomic mass is 10.1. The molecular formula is C12H13FO2. The van der Waals surface area contributed by atoms with Gasteiger partial charge >= 0.3 is 0 Å². The van der Waals surface area contributed by atoms with Gasteiger partial charge in [0.1, 0.15) is 11.6 Å². The minimum absolute atomic E-state index is 0.221. The lowest BCUT2D eigenvalue weighted by molar-refractivity contribution is 0.104. The molecule has 0 unspecified atom stereocenters. The summed E-state index contributed by atoms with van der Waals surface area (Å²) in [7, 11) is 0. The van der Waals surface area contributed by atoms with Gasteiger partial charge in [0.15, 0.2) is 5.78 Å². The molecule has 0 saturated heterocycles. The third-order valence-corrected chi connectivity index (χ3v) is 1.85. The number of ether oxygens (including phenoxy) is 1. The zero-order chi connectivity index (χ0) is 11.3. The van der Waals surface area contributed by atoms with Gasteiger partial charge in [-0.15, -0.1) is 0 Å². The predicted octanol–water partition coefficient (Wildman–Crippen LogP) is 2.98. The zero-order valence-corrected chi connectivity index (χ0v) is 8.63. The summed E-state index contributed by atoms with van der Waals surface area (Å²) in [5.74, 6) is -0.382. The Morgan fingerprint density at radius 2 is 2.33 bits per heavy atom. The average Bonchev–Trinajstić information content (AvgIpc) is 2.26. The number of benzene rings is 1. The highest BCUT2D eigenvalue weighted by Crippen LogP contribution is 2.20. The summed E-state index contributed by atoms with van der Waals surface area (Å²) in [6, 6.07) is 3.89. The first-order valence-corrected chi connectivity index (χ1v) is 4.78. The van der Waals surface area contributed by atoms with Crippen molar-refractivity contribution in [3.05, 3.63) is 42.2 Å². The number of hydrogen-bond donors (Lipinski definition) is 0. The number of ketones is 1. The summed E-state index contributed by atoms with van der Waals surface area (Å²) in [4.78, 5) is 11.4. The molecule has 1 rings (SSSR count). The van der Waals surface area contributed by atoms with E-state index in [-0.39, 0.29) is 11.3 Å². The monoisotopic (exact) mass is 208 g/mol. The quantitative estimate of drug-likeness (QED) is 0.549. The molecule has 1 aromatic carbocycles. The SMILES string of the molecule is C=CC(=O)c1cc(F)ccc1OCCC. The van der Waals surface area contributed by atoms with E-state index < -0.39 is 5.82 Å². The van der Waals surface area contributed by atoms with E-state index >= 15 is 0 Å². The fourth-order valence-electron chi connectivity index (χ4n) is 1.14. The van der Waals surface area contributed by atoms with Crippen LogP contribution in [0.15, 0.2) is 30.9 Å². The van der Waals surface area contributed by atoms with Crippen LogP contribution in [0.25, 0.3) is 0 Å². The van der Waals surface area contributed by atoms with E-state index in [0.29, 0.717) is 12.4 Å². The van der Waals surface area contributed by atoms with E-state index in [1.54, 1.807) is 0 Å².